The molecule has 0 N–H and O–H groups in total. The second-order valence-electron chi connectivity index (χ2n) is 12.2. The van der Waals surface area contributed by atoms with Gasteiger partial charge in [0.2, 0.25) is 5.89 Å². The van der Waals surface area contributed by atoms with Gasteiger partial charge in [-0.2, -0.15) is 0 Å². The minimum absolute atomic E-state index is 0.587. The number of benzene rings is 7. The summed E-state index contributed by atoms with van der Waals surface area (Å²) in [6.07, 6.45) is 0. The Bertz CT molecular complexity index is 2800. The van der Waals surface area contributed by atoms with Crippen molar-refractivity contribution in [3.63, 3.8) is 0 Å². The molecule has 6 heteroatoms. The third kappa shape index (κ3) is 4.65. The van der Waals surface area contributed by atoms with E-state index in [9.17, 15) is 0 Å². The van der Waals surface area contributed by atoms with Crippen LogP contribution in [-0.2, 0) is 0 Å². The van der Waals surface area contributed by atoms with Gasteiger partial charge in [0.05, 0.1) is 0 Å². The Kier molecular flexibility index (Phi) is 6.39. The van der Waals surface area contributed by atoms with Crippen LogP contribution in [-0.4, -0.2) is 19.9 Å². The SMILES string of the molecule is c1ccc(-c2nc(-c3ccccc3)nc(-c3cccc4c(-c5cccc6oc7cc8nc(-c9ccccc9)oc8cc7c56)cccc34)n2)cc1. The van der Waals surface area contributed by atoms with Crippen molar-refractivity contribution in [1.82, 2.24) is 19.9 Å². The van der Waals surface area contributed by atoms with Crippen molar-refractivity contribution >= 4 is 43.8 Å². The van der Waals surface area contributed by atoms with Gasteiger partial charge in [-0.15, -0.1) is 0 Å². The van der Waals surface area contributed by atoms with E-state index in [-0.39, 0.29) is 0 Å². The van der Waals surface area contributed by atoms with Gasteiger partial charge >= 0.3 is 0 Å². The van der Waals surface area contributed by atoms with Crippen molar-refractivity contribution in [2.75, 3.05) is 0 Å². The summed E-state index contributed by atoms with van der Waals surface area (Å²) in [6, 6.07) is 53.0. The monoisotopic (exact) mass is 642 g/mol. The molecule has 0 spiro atoms. The molecular formula is C44H26N4O2. The van der Waals surface area contributed by atoms with Crippen LogP contribution in [0.5, 0.6) is 0 Å². The Morgan fingerprint density at radius 1 is 0.340 bits per heavy atom. The van der Waals surface area contributed by atoms with Gasteiger partial charge in [-0.3, -0.25) is 0 Å². The molecule has 10 rings (SSSR count). The summed E-state index contributed by atoms with van der Waals surface area (Å²) in [5.74, 6) is 2.47. The van der Waals surface area contributed by atoms with Crippen molar-refractivity contribution in [2.45, 2.75) is 0 Å². The standard InChI is InChI=1S/C44H26N4O2/c1-4-13-27(14-5-1)41-46-42(28-15-6-2-7-16-28)48-43(47-41)34-23-11-19-30-31(20-10-21-32(30)34)33-22-12-24-37-40(33)35-25-39-36(26-38(35)49-37)45-44(50-39)29-17-8-3-9-18-29/h1-26H. The van der Waals surface area contributed by atoms with Crippen molar-refractivity contribution in [3.8, 4) is 56.7 Å². The molecule has 0 aliphatic carbocycles. The lowest BCUT2D eigenvalue weighted by Gasteiger charge is -2.13. The number of hydrogen-bond acceptors (Lipinski definition) is 6. The van der Waals surface area contributed by atoms with E-state index in [1.165, 1.54) is 0 Å². The molecular weight excluding hydrogens is 617 g/mol. The highest BCUT2D eigenvalue weighted by molar-refractivity contribution is 6.17. The maximum atomic E-state index is 6.44. The number of furan rings is 1. The van der Waals surface area contributed by atoms with Crippen LogP contribution in [0.3, 0.4) is 0 Å². The summed E-state index contributed by atoms with van der Waals surface area (Å²) < 4.78 is 12.7. The largest absolute Gasteiger partial charge is 0.456 e. The van der Waals surface area contributed by atoms with Crippen LogP contribution in [0.25, 0.3) is 101 Å². The second kappa shape index (κ2) is 11.4. The van der Waals surface area contributed by atoms with Gasteiger partial charge < -0.3 is 8.83 Å². The third-order valence-electron chi connectivity index (χ3n) is 9.18. The van der Waals surface area contributed by atoms with Gasteiger partial charge in [-0.05, 0) is 46.2 Å². The predicted molar refractivity (Wildman–Crippen MR) is 199 cm³/mol. The molecule has 10 aromatic rings. The van der Waals surface area contributed by atoms with Crippen LogP contribution >= 0.6 is 0 Å². The zero-order valence-electron chi connectivity index (χ0n) is 26.6. The maximum Gasteiger partial charge on any atom is 0.227 e. The Morgan fingerprint density at radius 2 is 0.900 bits per heavy atom. The quantitative estimate of drug-likeness (QED) is 0.186. The molecule has 234 valence electrons. The van der Waals surface area contributed by atoms with E-state index < -0.39 is 0 Å². The van der Waals surface area contributed by atoms with E-state index in [4.69, 9.17) is 28.8 Å². The number of aromatic nitrogens is 4. The van der Waals surface area contributed by atoms with Crippen molar-refractivity contribution in [3.05, 3.63) is 158 Å². The topological polar surface area (TPSA) is 77.8 Å². The second-order valence-corrected chi connectivity index (χ2v) is 12.2. The number of hydrogen-bond donors (Lipinski definition) is 0. The Balaban J connectivity index is 1.16. The molecule has 3 aromatic heterocycles. The van der Waals surface area contributed by atoms with E-state index in [1.807, 2.05) is 109 Å². The van der Waals surface area contributed by atoms with E-state index in [2.05, 4.69) is 48.5 Å². The molecule has 6 nitrogen and oxygen atoms in total. The normalized spacial score (nSPS) is 11.6. The van der Waals surface area contributed by atoms with Crippen molar-refractivity contribution in [2.24, 2.45) is 0 Å². The van der Waals surface area contributed by atoms with Gasteiger partial charge in [0.1, 0.15) is 16.7 Å². The highest BCUT2D eigenvalue weighted by Gasteiger charge is 2.19. The Morgan fingerprint density at radius 3 is 1.58 bits per heavy atom. The lowest BCUT2D eigenvalue weighted by atomic mass is 9.93. The fraction of sp³-hybridized carbons (Fsp3) is 0. The molecule has 0 aliphatic rings. The first-order valence-electron chi connectivity index (χ1n) is 16.5. The molecule has 7 aromatic carbocycles. The van der Waals surface area contributed by atoms with Crippen LogP contribution in [0.15, 0.2) is 167 Å². The number of oxazole rings is 1. The Labute approximate surface area is 286 Å². The smallest absolute Gasteiger partial charge is 0.227 e. The van der Waals surface area contributed by atoms with Crippen LogP contribution in [0, 0.1) is 0 Å². The van der Waals surface area contributed by atoms with Crippen molar-refractivity contribution < 1.29 is 8.83 Å². The highest BCUT2D eigenvalue weighted by atomic mass is 16.4. The fourth-order valence-electron chi connectivity index (χ4n) is 6.84. The summed E-state index contributed by atoms with van der Waals surface area (Å²) >= 11 is 0. The first-order chi connectivity index (χ1) is 24.8. The average molecular weight is 643 g/mol. The molecule has 0 saturated heterocycles. The third-order valence-corrected chi connectivity index (χ3v) is 9.18. The van der Waals surface area contributed by atoms with Crippen LogP contribution in [0.4, 0.5) is 0 Å². The molecule has 0 saturated carbocycles. The zero-order chi connectivity index (χ0) is 33.0. The summed E-state index contributed by atoms with van der Waals surface area (Å²) in [6.45, 7) is 0. The van der Waals surface area contributed by atoms with Gasteiger partial charge in [-0.1, -0.05) is 127 Å². The molecule has 50 heavy (non-hydrogen) atoms. The summed E-state index contributed by atoms with van der Waals surface area (Å²) in [7, 11) is 0. The summed E-state index contributed by atoms with van der Waals surface area (Å²) in [4.78, 5) is 19.7. The minimum Gasteiger partial charge on any atom is -0.456 e. The van der Waals surface area contributed by atoms with E-state index in [0.29, 0.717) is 28.9 Å². The minimum atomic E-state index is 0.587. The van der Waals surface area contributed by atoms with Gasteiger partial charge in [0.15, 0.2) is 23.1 Å². The van der Waals surface area contributed by atoms with Crippen LogP contribution in [0.1, 0.15) is 0 Å². The lowest BCUT2D eigenvalue weighted by molar-refractivity contribution is 0.620. The number of nitrogens with zero attached hydrogens (tertiary/aromatic N) is 4. The number of fused-ring (bicyclic) bond motifs is 5. The fourth-order valence-corrected chi connectivity index (χ4v) is 6.84. The Hall–Kier alpha value is -6.92. The van der Waals surface area contributed by atoms with E-state index in [0.717, 1.165) is 71.6 Å². The molecule has 0 atom stereocenters. The first-order valence-corrected chi connectivity index (χ1v) is 16.5. The van der Waals surface area contributed by atoms with Gasteiger partial charge in [0, 0.05) is 39.1 Å². The van der Waals surface area contributed by atoms with Crippen molar-refractivity contribution in [1.29, 1.82) is 0 Å². The molecule has 0 aliphatic heterocycles. The highest BCUT2D eigenvalue weighted by Crippen LogP contribution is 2.42. The van der Waals surface area contributed by atoms with Crippen LogP contribution in [0.2, 0.25) is 0 Å². The van der Waals surface area contributed by atoms with E-state index in [1.54, 1.807) is 0 Å². The molecule has 0 bridgehead atoms. The van der Waals surface area contributed by atoms with Gasteiger partial charge in [0.25, 0.3) is 0 Å². The average Bonchev–Trinajstić information content (AvgIpc) is 3.78. The molecule has 0 radical (unpaired) electrons. The van der Waals surface area contributed by atoms with Crippen LogP contribution < -0.4 is 0 Å². The maximum absolute atomic E-state index is 6.44. The predicted octanol–water partition coefficient (Wildman–Crippen LogP) is 11.4. The molecule has 0 fully saturated rings. The van der Waals surface area contributed by atoms with E-state index >= 15 is 0 Å². The molecule has 3 heterocycles. The summed E-state index contributed by atoms with van der Waals surface area (Å²) in [5, 5.41) is 4.13. The first kappa shape index (κ1) is 28.1. The number of rotatable bonds is 5. The zero-order valence-corrected chi connectivity index (χ0v) is 26.6. The molecule has 0 amide bonds. The molecule has 0 unspecified atom stereocenters. The van der Waals surface area contributed by atoms with Gasteiger partial charge in [-0.25, -0.2) is 19.9 Å². The summed E-state index contributed by atoms with van der Waals surface area (Å²) in [5.41, 5.74) is 8.93. The lowest BCUT2D eigenvalue weighted by Crippen LogP contribution is -2.00.